The van der Waals surface area contributed by atoms with Gasteiger partial charge in [0.05, 0.1) is 23.1 Å². The third kappa shape index (κ3) is 5.47. The average Bonchev–Trinajstić information content (AvgIpc) is 2.76. The molecule has 0 N–H and O–H groups in total. The monoisotopic (exact) mass is 392 g/mol. The van der Waals surface area contributed by atoms with Crippen LogP contribution in [0.1, 0.15) is 54.7 Å². The lowest BCUT2D eigenvalue weighted by Crippen LogP contribution is -2.09. The number of carbonyl (C=O) groups excluding carboxylic acids is 1. The van der Waals surface area contributed by atoms with Gasteiger partial charge in [0.2, 0.25) is 0 Å². The van der Waals surface area contributed by atoms with Crippen LogP contribution in [0.2, 0.25) is 0 Å². The molecule has 0 saturated heterocycles. The van der Waals surface area contributed by atoms with Crippen molar-refractivity contribution in [1.29, 1.82) is 0 Å². The van der Waals surface area contributed by atoms with E-state index in [-0.39, 0.29) is 5.75 Å². The zero-order valence-electron chi connectivity index (χ0n) is 16.8. The smallest absolute Gasteiger partial charge is 0.343 e. The zero-order valence-corrected chi connectivity index (χ0v) is 16.8. The molecule has 1 aromatic heterocycles. The Morgan fingerprint density at radius 3 is 2.41 bits per heavy atom. The molecule has 0 spiro atoms. The van der Waals surface area contributed by atoms with Crippen molar-refractivity contribution in [2.75, 3.05) is 0 Å². The van der Waals surface area contributed by atoms with Crippen LogP contribution in [0.5, 0.6) is 5.75 Å². The molecule has 4 nitrogen and oxygen atoms in total. The van der Waals surface area contributed by atoms with Gasteiger partial charge in [0, 0.05) is 11.8 Å². The molecule has 0 aliphatic carbocycles. The Bertz CT molecular complexity index is 954. The molecule has 0 bridgehead atoms. The van der Waals surface area contributed by atoms with Crippen molar-refractivity contribution < 1.29 is 13.9 Å². The molecule has 150 valence electrons. The number of unbranched alkanes of at least 4 members (excludes halogenated alkanes) is 2. The van der Waals surface area contributed by atoms with E-state index < -0.39 is 11.8 Å². The maximum Gasteiger partial charge on any atom is 0.343 e. The fourth-order valence-electron chi connectivity index (χ4n) is 2.97. The maximum atomic E-state index is 14.0. The summed E-state index contributed by atoms with van der Waals surface area (Å²) in [5, 5.41) is 0. The molecule has 1 heterocycles. The van der Waals surface area contributed by atoms with Crippen LogP contribution >= 0.6 is 0 Å². The van der Waals surface area contributed by atoms with E-state index >= 15 is 0 Å². The van der Waals surface area contributed by atoms with Crippen LogP contribution in [0, 0.1) is 5.82 Å². The molecule has 2 aromatic carbocycles. The quantitative estimate of drug-likeness (QED) is 0.276. The van der Waals surface area contributed by atoms with Crippen LogP contribution in [0.3, 0.4) is 0 Å². The molecule has 3 aromatic rings. The lowest BCUT2D eigenvalue weighted by Gasteiger charge is -2.08. The summed E-state index contributed by atoms with van der Waals surface area (Å²) in [4.78, 5) is 21.3. The fourth-order valence-corrected chi connectivity index (χ4v) is 2.97. The lowest BCUT2D eigenvalue weighted by atomic mass is 10.1. The fraction of sp³-hybridized carbons (Fsp3) is 0.292. The summed E-state index contributed by atoms with van der Waals surface area (Å²) in [5.74, 6) is -1.21. The van der Waals surface area contributed by atoms with Gasteiger partial charge in [-0.1, -0.05) is 44.9 Å². The Hall–Kier alpha value is -3.08. The predicted molar refractivity (Wildman–Crippen MR) is 111 cm³/mol. The molecule has 0 radical (unpaired) electrons. The van der Waals surface area contributed by atoms with E-state index in [0.717, 1.165) is 41.8 Å². The largest absolute Gasteiger partial charge is 0.420 e. The van der Waals surface area contributed by atoms with Crippen molar-refractivity contribution in [3.63, 3.8) is 0 Å². The van der Waals surface area contributed by atoms with Gasteiger partial charge >= 0.3 is 5.97 Å². The van der Waals surface area contributed by atoms with Crippen LogP contribution < -0.4 is 4.74 Å². The first-order chi connectivity index (χ1) is 14.1. The summed E-state index contributed by atoms with van der Waals surface area (Å²) < 4.78 is 19.2. The maximum absolute atomic E-state index is 14.0. The van der Waals surface area contributed by atoms with Crippen LogP contribution in [-0.4, -0.2) is 15.9 Å². The van der Waals surface area contributed by atoms with Crippen molar-refractivity contribution >= 4 is 5.97 Å². The number of hydrogen-bond donors (Lipinski definition) is 0. The van der Waals surface area contributed by atoms with Gasteiger partial charge in [-0.3, -0.25) is 9.97 Å². The molecular formula is C24H25FN2O2. The third-order valence-corrected chi connectivity index (χ3v) is 4.77. The molecule has 0 fully saturated rings. The van der Waals surface area contributed by atoms with Crippen LogP contribution in [0.4, 0.5) is 4.39 Å². The van der Waals surface area contributed by atoms with E-state index in [1.807, 2.05) is 6.92 Å². The normalized spacial score (nSPS) is 10.7. The highest BCUT2D eigenvalue weighted by atomic mass is 19.1. The van der Waals surface area contributed by atoms with Crippen LogP contribution in [0.15, 0.2) is 54.9 Å². The third-order valence-electron chi connectivity index (χ3n) is 4.77. The number of nitrogens with zero attached hydrogens (tertiary/aromatic N) is 2. The molecule has 0 unspecified atom stereocenters. The Morgan fingerprint density at radius 2 is 1.79 bits per heavy atom. The SMILES string of the molecule is CCCCCc1cnc(-c2ccc(C(=O)Oc3ccc(CC)cc3F)cc2)cn1. The molecule has 0 saturated carbocycles. The second-order valence-corrected chi connectivity index (χ2v) is 6.94. The van der Waals surface area contributed by atoms with Gasteiger partial charge in [0.25, 0.3) is 0 Å². The van der Waals surface area contributed by atoms with Gasteiger partial charge < -0.3 is 4.74 Å². The van der Waals surface area contributed by atoms with E-state index in [0.29, 0.717) is 5.56 Å². The first-order valence-electron chi connectivity index (χ1n) is 10.0. The molecule has 3 rings (SSSR count). The minimum Gasteiger partial charge on any atom is -0.420 e. The van der Waals surface area contributed by atoms with E-state index in [1.165, 1.54) is 25.0 Å². The summed E-state index contributed by atoms with van der Waals surface area (Å²) in [6.45, 7) is 4.11. The molecule has 0 aliphatic heterocycles. The van der Waals surface area contributed by atoms with E-state index in [2.05, 4.69) is 16.9 Å². The van der Waals surface area contributed by atoms with Gasteiger partial charge in [-0.2, -0.15) is 0 Å². The van der Waals surface area contributed by atoms with Gasteiger partial charge in [-0.15, -0.1) is 0 Å². The van der Waals surface area contributed by atoms with Gasteiger partial charge in [0.15, 0.2) is 11.6 Å². The van der Waals surface area contributed by atoms with Gasteiger partial charge in [0.1, 0.15) is 0 Å². The van der Waals surface area contributed by atoms with E-state index in [9.17, 15) is 9.18 Å². The molecular weight excluding hydrogens is 367 g/mol. The summed E-state index contributed by atoms with van der Waals surface area (Å²) in [6.07, 6.45) is 8.68. The summed E-state index contributed by atoms with van der Waals surface area (Å²) in [6, 6.07) is 11.5. The second kappa shape index (κ2) is 9.92. The van der Waals surface area contributed by atoms with Crippen LogP contribution in [0.25, 0.3) is 11.3 Å². The summed E-state index contributed by atoms with van der Waals surface area (Å²) in [5.41, 5.74) is 3.78. The van der Waals surface area contributed by atoms with Gasteiger partial charge in [-0.25, -0.2) is 9.18 Å². The highest BCUT2D eigenvalue weighted by Crippen LogP contribution is 2.21. The standard InChI is InChI=1S/C24H25FN2O2/c1-3-5-6-7-20-15-27-22(16-26-20)18-9-11-19(12-10-18)24(28)29-23-13-8-17(4-2)14-21(23)25/h8-16H,3-7H2,1-2H3. The number of aryl methyl sites for hydroxylation is 2. The average molecular weight is 392 g/mol. The zero-order chi connectivity index (χ0) is 20.6. The number of esters is 1. The van der Waals surface area contributed by atoms with Crippen molar-refractivity contribution in [3.05, 3.63) is 77.5 Å². The van der Waals surface area contributed by atoms with Gasteiger partial charge in [-0.05, 0) is 49.1 Å². The van der Waals surface area contributed by atoms with Crippen molar-refractivity contribution in [2.45, 2.75) is 46.0 Å². The summed E-state index contributed by atoms with van der Waals surface area (Å²) >= 11 is 0. The Balaban J connectivity index is 1.65. The van der Waals surface area contributed by atoms with E-state index in [1.54, 1.807) is 42.7 Å². The highest BCUT2D eigenvalue weighted by Gasteiger charge is 2.13. The highest BCUT2D eigenvalue weighted by molar-refractivity contribution is 5.91. The Labute approximate surface area is 170 Å². The number of hydrogen-bond acceptors (Lipinski definition) is 4. The molecule has 0 amide bonds. The lowest BCUT2D eigenvalue weighted by molar-refractivity contribution is 0.0728. The van der Waals surface area contributed by atoms with E-state index in [4.69, 9.17) is 4.74 Å². The molecule has 29 heavy (non-hydrogen) atoms. The minimum absolute atomic E-state index is 0.0687. The minimum atomic E-state index is -0.600. The van der Waals surface area contributed by atoms with Crippen molar-refractivity contribution in [3.8, 4) is 17.0 Å². The molecule has 0 atom stereocenters. The number of aromatic nitrogens is 2. The molecule has 0 aliphatic rings. The molecule has 5 heteroatoms. The number of ether oxygens (including phenoxy) is 1. The first kappa shape index (κ1) is 20.6. The van der Waals surface area contributed by atoms with Crippen molar-refractivity contribution in [2.24, 2.45) is 0 Å². The Kier molecular flexibility index (Phi) is 7.06. The second-order valence-electron chi connectivity index (χ2n) is 6.94. The number of rotatable bonds is 8. The van der Waals surface area contributed by atoms with Crippen molar-refractivity contribution in [1.82, 2.24) is 9.97 Å². The Morgan fingerprint density at radius 1 is 1.00 bits per heavy atom. The predicted octanol–water partition coefficient (Wildman–Crippen LogP) is 5.80. The number of halogens is 1. The number of carbonyl (C=O) groups is 1. The van der Waals surface area contributed by atoms with Crippen LogP contribution in [-0.2, 0) is 12.8 Å². The topological polar surface area (TPSA) is 52.1 Å². The first-order valence-corrected chi connectivity index (χ1v) is 10.0. The summed E-state index contributed by atoms with van der Waals surface area (Å²) in [7, 11) is 0. The number of benzene rings is 2.